The highest BCUT2D eigenvalue weighted by atomic mass is 16.6. The van der Waals surface area contributed by atoms with Crippen LogP contribution in [0.25, 0.3) is 0 Å². The lowest BCUT2D eigenvalue weighted by Crippen LogP contribution is -2.45. The van der Waals surface area contributed by atoms with E-state index in [9.17, 15) is 9.90 Å². The number of carbonyl (C=O) groups is 1. The number of nitriles is 1. The van der Waals surface area contributed by atoms with Crippen molar-refractivity contribution in [3.05, 3.63) is 29.6 Å². The van der Waals surface area contributed by atoms with Crippen molar-refractivity contribution in [3.63, 3.8) is 0 Å². The Morgan fingerprint density at radius 2 is 1.93 bits per heavy atom. The average Bonchev–Trinajstić information content (AvgIpc) is 2.66. The highest BCUT2D eigenvalue weighted by molar-refractivity contribution is 5.68. The lowest BCUT2D eigenvalue weighted by Gasteiger charge is -2.36. The third-order valence-corrected chi connectivity index (χ3v) is 5.37. The van der Waals surface area contributed by atoms with Crippen LogP contribution >= 0.6 is 0 Å². The van der Waals surface area contributed by atoms with Crippen LogP contribution in [-0.2, 0) is 4.74 Å². The minimum absolute atomic E-state index is 0.135. The molecule has 1 amide bonds. The van der Waals surface area contributed by atoms with Crippen molar-refractivity contribution in [2.75, 3.05) is 6.54 Å². The first kappa shape index (κ1) is 24.1. The summed E-state index contributed by atoms with van der Waals surface area (Å²) in [6.07, 6.45) is 3.91. The van der Waals surface area contributed by atoms with Gasteiger partial charge in [0.15, 0.2) is 0 Å². The van der Waals surface area contributed by atoms with Gasteiger partial charge in [-0.1, -0.05) is 6.07 Å². The Labute approximate surface area is 180 Å². The topological polar surface area (TPSA) is 107 Å². The van der Waals surface area contributed by atoms with Gasteiger partial charge in [-0.25, -0.2) is 9.78 Å². The van der Waals surface area contributed by atoms with Crippen molar-refractivity contribution in [3.8, 4) is 6.07 Å². The number of carbonyl (C=O) groups excluding carboxylic acids is 1. The zero-order valence-corrected chi connectivity index (χ0v) is 18.9. The number of pyridine rings is 1. The molecule has 7 nitrogen and oxygen atoms in total. The standard InChI is InChI=1S/C23H36N4O3/c1-22(2,3)30-21(29)27-17-11-9-16(10-12-17)13-23(4,5)25-15-20(28)19-8-6-7-18(14-24)26-19/h6-8,16-17,20,25,28H,9-13,15H2,1-5H3,(H,27,29)/t16?,17?,20-/m0/s1. The number of aromatic nitrogens is 1. The number of aliphatic hydroxyl groups excluding tert-OH is 1. The molecule has 1 heterocycles. The molecule has 2 rings (SSSR count). The Balaban J connectivity index is 1.75. The number of rotatable bonds is 7. The summed E-state index contributed by atoms with van der Waals surface area (Å²) in [5, 5.41) is 25.8. The van der Waals surface area contributed by atoms with Gasteiger partial charge in [0.2, 0.25) is 0 Å². The molecule has 1 fully saturated rings. The van der Waals surface area contributed by atoms with Gasteiger partial charge in [-0.05, 0) is 84.8 Å². The Morgan fingerprint density at radius 3 is 2.53 bits per heavy atom. The second kappa shape index (κ2) is 10.2. The SMILES string of the molecule is CC(C)(CC1CCC(NC(=O)OC(C)(C)C)CC1)NC[C@H](O)c1cccc(C#N)n1. The zero-order valence-electron chi connectivity index (χ0n) is 18.9. The van der Waals surface area contributed by atoms with Gasteiger partial charge >= 0.3 is 6.09 Å². The second-order valence-corrected chi connectivity index (χ2v) is 9.91. The molecule has 0 spiro atoms. The third-order valence-electron chi connectivity index (χ3n) is 5.37. The lowest BCUT2D eigenvalue weighted by atomic mass is 9.79. The summed E-state index contributed by atoms with van der Waals surface area (Å²) >= 11 is 0. The fourth-order valence-corrected chi connectivity index (χ4v) is 3.96. The Morgan fingerprint density at radius 1 is 1.27 bits per heavy atom. The smallest absolute Gasteiger partial charge is 0.407 e. The number of aliphatic hydroxyl groups is 1. The van der Waals surface area contributed by atoms with Gasteiger partial charge in [0, 0.05) is 18.1 Å². The number of nitrogens with zero attached hydrogens (tertiary/aromatic N) is 2. The molecule has 0 unspecified atom stereocenters. The van der Waals surface area contributed by atoms with Crippen LogP contribution in [0.1, 0.15) is 84.2 Å². The average molecular weight is 417 g/mol. The maximum Gasteiger partial charge on any atom is 0.407 e. The molecule has 0 aromatic carbocycles. The molecule has 1 atom stereocenters. The van der Waals surface area contributed by atoms with Gasteiger partial charge in [-0.2, -0.15) is 5.26 Å². The minimum atomic E-state index is -0.758. The molecule has 1 saturated carbocycles. The molecular weight excluding hydrogens is 380 g/mol. The molecule has 0 aliphatic heterocycles. The van der Waals surface area contributed by atoms with Gasteiger partial charge < -0.3 is 20.5 Å². The lowest BCUT2D eigenvalue weighted by molar-refractivity contribution is 0.0484. The normalized spacial score (nSPS) is 20.8. The van der Waals surface area contributed by atoms with E-state index in [1.165, 1.54) is 0 Å². The number of β-amino-alcohol motifs (C(OH)–C–C–N with tert-alkyl or cyclic N) is 1. The van der Waals surface area contributed by atoms with Gasteiger partial charge in [0.05, 0.1) is 5.69 Å². The largest absolute Gasteiger partial charge is 0.444 e. The highest BCUT2D eigenvalue weighted by Crippen LogP contribution is 2.31. The second-order valence-electron chi connectivity index (χ2n) is 9.91. The predicted molar refractivity (Wildman–Crippen MR) is 116 cm³/mol. The summed E-state index contributed by atoms with van der Waals surface area (Å²) < 4.78 is 5.35. The number of ether oxygens (including phenoxy) is 1. The first-order valence-corrected chi connectivity index (χ1v) is 10.8. The van der Waals surface area contributed by atoms with Gasteiger partial charge in [0.25, 0.3) is 0 Å². The summed E-state index contributed by atoms with van der Waals surface area (Å²) in [5.41, 5.74) is 0.199. The number of hydrogen-bond acceptors (Lipinski definition) is 6. The molecule has 0 radical (unpaired) electrons. The van der Waals surface area contributed by atoms with E-state index in [1.54, 1.807) is 18.2 Å². The monoisotopic (exact) mass is 416 g/mol. The molecule has 1 aromatic rings. The minimum Gasteiger partial charge on any atom is -0.444 e. The summed E-state index contributed by atoms with van der Waals surface area (Å²) in [4.78, 5) is 16.1. The van der Waals surface area contributed by atoms with Crippen LogP contribution < -0.4 is 10.6 Å². The van der Waals surface area contributed by atoms with Gasteiger partial charge in [-0.3, -0.25) is 0 Å². The maximum absolute atomic E-state index is 12.0. The van der Waals surface area contributed by atoms with Gasteiger partial charge in [-0.15, -0.1) is 0 Å². The summed E-state index contributed by atoms with van der Waals surface area (Å²) in [5.74, 6) is 0.571. The molecule has 7 heteroatoms. The Bertz CT molecular complexity index is 744. The molecule has 1 aliphatic carbocycles. The van der Waals surface area contributed by atoms with Crippen LogP contribution in [-0.4, -0.2) is 39.9 Å². The first-order valence-electron chi connectivity index (χ1n) is 10.8. The van der Waals surface area contributed by atoms with E-state index < -0.39 is 11.7 Å². The summed E-state index contributed by atoms with van der Waals surface area (Å²) in [7, 11) is 0. The zero-order chi connectivity index (χ0) is 22.4. The quantitative estimate of drug-likeness (QED) is 0.624. The van der Waals surface area contributed by atoms with Crippen LogP contribution in [0.15, 0.2) is 18.2 Å². The van der Waals surface area contributed by atoms with Crippen LogP contribution in [0.4, 0.5) is 4.79 Å². The van der Waals surface area contributed by atoms with Crippen molar-refractivity contribution in [2.24, 2.45) is 5.92 Å². The van der Waals surface area contributed by atoms with Crippen molar-refractivity contribution < 1.29 is 14.6 Å². The molecule has 30 heavy (non-hydrogen) atoms. The van der Waals surface area contributed by atoms with Crippen molar-refractivity contribution >= 4 is 6.09 Å². The molecule has 3 N–H and O–H groups in total. The molecule has 1 aromatic heterocycles. The van der Waals surface area contributed by atoms with Crippen molar-refractivity contribution in [1.82, 2.24) is 15.6 Å². The van der Waals surface area contributed by atoms with E-state index in [2.05, 4.69) is 29.5 Å². The molecular formula is C23H36N4O3. The summed E-state index contributed by atoms with van der Waals surface area (Å²) in [6.45, 7) is 10.3. The first-order chi connectivity index (χ1) is 14.0. The molecule has 1 aliphatic rings. The fraction of sp³-hybridized carbons (Fsp3) is 0.696. The van der Waals surface area contributed by atoms with E-state index in [-0.39, 0.29) is 17.7 Å². The molecule has 0 saturated heterocycles. The van der Waals surface area contributed by atoms with Crippen LogP contribution in [0.5, 0.6) is 0 Å². The van der Waals surface area contributed by atoms with E-state index in [1.807, 2.05) is 26.8 Å². The van der Waals surface area contributed by atoms with Crippen LogP contribution in [0, 0.1) is 17.2 Å². The fourth-order valence-electron chi connectivity index (χ4n) is 3.96. The molecule has 0 bridgehead atoms. The summed E-state index contributed by atoms with van der Waals surface area (Å²) in [6, 6.07) is 7.27. The van der Waals surface area contributed by atoms with E-state index in [0.29, 0.717) is 23.9 Å². The third kappa shape index (κ3) is 8.29. The van der Waals surface area contributed by atoms with Crippen molar-refractivity contribution in [1.29, 1.82) is 5.26 Å². The maximum atomic E-state index is 12.0. The number of nitrogens with one attached hydrogen (secondary N) is 2. The van der Waals surface area contributed by atoms with Crippen molar-refractivity contribution in [2.45, 2.75) is 90.0 Å². The number of amides is 1. The Hall–Kier alpha value is -2.17. The number of alkyl carbamates (subject to hydrolysis) is 1. The Kier molecular flexibility index (Phi) is 8.22. The highest BCUT2D eigenvalue weighted by Gasteiger charge is 2.29. The number of hydrogen-bond donors (Lipinski definition) is 3. The van der Waals surface area contributed by atoms with E-state index in [0.717, 1.165) is 32.1 Å². The predicted octanol–water partition coefficient (Wildman–Crippen LogP) is 3.83. The molecule has 166 valence electrons. The van der Waals surface area contributed by atoms with Gasteiger partial charge in [0.1, 0.15) is 23.5 Å². The van der Waals surface area contributed by atoms with E-state index in [4.69, 9.17) is 10.00 Å². The van der Waals surface area contributed by atoms with Crippen LogP contribution in [0.2, 0.25) is 0 Å². The van der Waals surface area contributed by atoms with Crippen LogP contribution in [0.3, 0.4) is 0 Å². The van der Waals surface area contributed by atoms with E-state index >= 15 is 0 Å².